The van der Waals surface area contributed by atoms with Gasteiger partial charge in [-0.2, -0.15) is 0 Å². The molecule has 0 spiro atoms. The van der Waals surface area contributed by atoms with E-state index in [-0.39, 0.29) is 0 Å². The zero-order valence-electron chi connectivity index (χ0n) is 11.7. The molecule has 4 nitrogen and oxygen atoms in total. The van der Waals surface area contributed by atoms with Crippen LogP contribution < -0.4 is 10.6 Å². The molecule has 1 aliphatic rings. The molecule has 20 heavy (non-hydrogen) atoms. The topological polar surface area (TPSA) is 55.0 Å². The van der Waals surface area contributed by atoms with Gasteiger partial charge in [-0.15, -0.1) is 0 Å². The number of hydrogen-bond donors (Lipinski definition) is 1. The van der Waals surface area contributed by atoms with Crippen molar-refractivity contribution in [2.45, 2.75) is 12.8 Å². The second-order valence-corrected chi connectivity index (χ2v) is 5.38. The van der Waals surface area contributed by atoms with Crippen LogP contribution in [0.2, 0.25) is 0 Å². The molecule has 2 N–H and O–H groups in total. The molecule has 1 aromatic carbocycles. The minimum Gasteiger partial charge on any atom is -0.356 e. The molecule has 2 heterocycles. The van der Waals surface area contributed by atoms with Gasteiger partial charge in [0.05, 0.1) is 0 Å². The number of nitrogens with two attached hydrogens (primary N) is 1. The van der Waals surface area contributed by atoms with Crippen molar-refractivity contribution in [1.29, 1.82) is 0 Å². The first-order chi connectivity index (χ1) is 9.78. The Morgan fingerprint density at radius 2 is 2.00 bits per heavy atom. The molecule has 0 radical (unpaired) electrons. The molecule has 0 bridgehead atoms. The summed E-state index contributed by atoms with van der Waals surface area (Å²) in [5.41, 5.74) is 7.34. The number of rotatable bonds is 3. The number of aromatic nitrogens is 2. The molecule has 1 fully saturated rings. The van der Waals surface area contributed by atoms with E-state index in [4.69, 9.17) is 5.73 Å². The van der Waals surface area contributed by atoms with E-state index >= 15 is 0 Å². The number of nitrogens with zero attached hydrogens (tertiary/aromatic N) is 3. The van der Waals surface area contributed by atoms with Crippen LogP contribution in [0.5, 0.6) is 0 Å². The number of anilines is 1. The third kappa shape index (κ3) is 2.51. The van der Waals surface area contributed by atoms with Crippen molar-refractivity contribution in [3.05, 3.63) is 54.0 Å². The Labute approximate surface area is 119 Å². The molecule has 1 aliphatic heterocycles. The van der Waals surface area contributed by atoms with Gasteiger partial charge in [-0.25, -0.2) is 9.97 Å². The van der Waals surface area contributed by atoms with Gasteiger partial charge < -0.3 is 10.6 Å². The smallest absolute Gasteiger partial charge is 0.132 e. The summed E-state index contributed by atoms with van der Waals surface area (Å²) in [7, 11) is 0. The van der Waals surface area contributed by atoms with Gasteiger partial charge in [0, 0.05) is 25.2 Å². The minimum absolute atomic E-state index is 0.479. The molecule has 3 rings (SSSR count). The van der Waals surface area contributed by atoms with Gasteiger partial charge in [-0.05, 0) is 31.0 Å². The predicted molar refractivity (Wildman–Crippen MR) is 80.7 cm³/mol. The van der Waals surface area contributed by atoms with E-state index in [2.05, 4.69) is 45.2 Å². The third-order valence-electron chi connectivity index (χ3n) is 4.06. The van der Waals surface area contributed by atoms with Gasteiger partial charge in [-0.1, -0.05) is 30.3 Å². The second kappa shape index (κ2) is 5.59. The molecule has 0 saturated carbocycles. The Balaban J connectivity index is 1.84. The first-order valence-electron chi connectivity index (χ1n) is 7.07. The maximum atomic E-state index is 5.97. The number of benzene rings is 1. The molecule has 104 valence electrons. The lowest BCUT2D eigenvalue weighted by Gasteiger charge is -2.17. The van der Waals surface area contributed by atoms with Crippen molar-refractivity contribution < 1.29 is 0 Å². The van der Waals surface area contributed by atoms with Gasteiger partial charge in [0.2, 0.25) is 0 Å². The zero-order chi connectivity index (χ0) is 13.9. The Kier molecular flexibility index (Phi) is 3.65. The third-order valence-corrected chi connectivity index (χ3v) is 4.06. The van der Waals surface area contributed by atoms with Crippen molar-refractivity contribution in [3.63, 3.8) is 0 Å². The Morgan fingerprint density at radius 1 is 1.20 bits per heavy atom. The Hall–Kier alpha value is -1.94. The van der Waals surface area contributed by atoms with Gasteiger partial charge in [0.15, 0.2) is 0 Å². The highest BCUT2D eigenvalue weighted by Gasteiger charge is 2.33. The van der Waals surface area contributed by atoms with E-state index < -0.39 is 0 Å². The molecule has 0 aliphatic carbocycles. The summed E-state index contributed by atoms with van der Waals surface area (Å²) in [5, 5.41) is 0. The van der Waals surface area contributed by atoms with Crippen LogP contribution in [0.1, 0.15) is 17.3 Å². The van der Waals surface area contributed by atoms with E-state index in [1.165, 1.54) is 5.56 Å². The fourth-order valence-corrected chi connectivity index (χ4v) is 2.99. The van der Waals surface area contributed by atoms with Crippen molar-refractivity contribution in [2.75, 3.05) is 24.5 Å². The molecule has 1 aromatic heterocycles. The SMILES string of the molecule is Cc1nccc(N2C[C@@H](CN)[C@H](c3ccccc3)C2)n1. The maximum absolute atomic E-state index is 5.97. The monoisotopic (exact) mass is 268 g/mol. The van der Waals surface area contributed by atoms with Gasteiger partial charge >= 0.3 is 0 Å². The summed E-state index contributed by atoms with van der Waals surface area (Å²) in [4.78, 5) is 11.0. The highest BCUT2D eigenvalue weighted by Crippen LogP contribution is 2.33. The summed E-state index contributed by atoms with van der Waals surface area (Å²) in [6, 6.07) is 12.6. The largest absolute Gasteiger partial charge is 0.356 e. The average Bonchev–Trinajstić information content (AvgIpc) is 2.92. The quantitative estimate of drug-likeness (QED) is 0.924. The van der Waals surface area contributed by atoms with Crippen molar-refractivity contribution in [1.82, 2.24) is 9.97 Å². The fraction of sp³-hybridized carbons (Fsp3) is 0.375. The van der Waals surface area contributed by atoms with Gasteiger partial charge in [-0.3, -0.25) is 0 Å². The highest BCUT2D eigenvalue weighted by atomic mass is 15.2. The fourth-order valence-electron chi connectivity index (χ4n) is 2.99. The van der Waals surface area contributed by atoms with Crippen molar-refractivity contribution in [2.24, 2.45) is 11.7 Å². The molecule has 2 aromatic rings. The summed E-state index contributed by atoms with van der Waals surface area (Å²) < 4.78 is 0. The molecule has 0 unspecified atom stereocenters. The average molecular weight is 268 g/mol. The van der Waals surface area contributed by atoms with E-state index in [1.54, 1.807) is 0 Å². The lowest BCUT2D eigenvalue weighted by molar-refractivity contribution is 0.532. The van der Waals surface area contributed by atoms with E-state index in [0.29, 0.717) is 18.4 Å². The summed E-state index contributed by atoms with van der Waals surface area (Å²) in [6.07, 6.45) is 1.82. The molecular formula is C16H20N4. The highest BCUT2D eigenvalue weighted by molar-refractivity contribution is 5.41. The van der Waals surface area contributed by atoms with E-state index in [1.807, 2.05) is 19.2 Å². The molecule has 0 amide bonds. The van der Waals surface area contributed by atoms with E-state index in [9.17, 15) is 0 Å². The van der Waals surface area contributed by atoms with Crippen molar-refractivity contribution in [3.8, 4) is 0 Å². The first-order valence-corrected chi connectivity index (χ1v) is 7.07. The molecule has 2 atom stereocenters. The number of aryl methyl sites for hydroxylation is 1. The van der Waals surface area contributed by atoms with Crippen molar-refractivity contribution >= 4 is 5.82 Å². The van der Waals surface area contributed by atoms with Crippen LogP contribution in [0.15, 0.2) is 42.6 Å². The molecule has 1 saturated heterocycles. The zero-order valence-corrected chi connectivity index (χ0v) is 11.7. The predicted octanol–water partition coefficient (Wildman–Crippen LogP) is 1.96. The first kappa shape index (κ1) is 13.1. The lowest BCUT2D eigenvalue weighted by atomic mass is 9.89. The van der Waals surface area contributed by atoms with Crippen LogP contribution in [-0.2, 0) is 0 Å². The van der Waals surface area contributed by atoms with Crippen LogP contribution in [0.3, 0.4) is 0 Å². The summed E-state index contributed by atoms with van der Waals surface area (Å²) in [6.45, 7) is 4.57. The van der Waals surface area contributed by atoms with E-state index in [0.717, 1.165) is 24.7 Å². The van der Waals surface area contributed by atoms with Crippen LogP contribution in [-0.4, -0.2) is 29.6 Å². The second-order valence-electron chi connectivity index (χ2n) is 5.38. The van der Waals surface area contributed by atoms with Gasteiger partial charge in [0.25, 0.3) is 0 Å². The normalized spacial score (nSPS) is 22.2. The summed E-state index contributed by atoms with van der Waals surface area (Å²) >= 11 is 0. The summed E-state index contributed by atoms with van der Waals surface area (Å²) in [5.74, 6) is 2.79. The van der Waals surface area contributed by atoms with Gasteiger partial charge in [0.1, 0.15) is 11.6 Å². The number of hydrogen-bond acceptors (Lipinski definition) is 4. The van der Waals surface area contributed by atoms with Crippen LogP contribution >= 0.6 is 0 Å². The van der Waals surface area contributed by atoms with Crippen LogP contribution in [0.4, 0.5) is 5.82 Å². The van der Waals surface area contributed by atoms with Crippen LogP contribution in [0.25, 0.3) is 0 Å². The molecular weight excluding hydrogens is 248 g/mol. The molecule has 4 heteroatoms. The standard InChI is InChI=1S/C16H20N4/c1-12-18-8-7-16(19-12)20-10-14(9-17)15(11-20)13-5-3-2-4-6-13/h2-8,14-15H,9-11,17H2,1H3/t14-,15+/m1/s1. The lowest BCUT2D eigenvalue weighted by Crippen LogP contribution is -2.23. The Bertz CT molecular complexity index is 570. The maximum Gasteiger partial charge on any atom is 0.132 e. The minimum atomic E-state index is 0.479. The van der Waals surface area contributed by atoms with Crippen LogP contribution in [0, 0.1) is 12.8 Å². The Morgan fingerprint density at radius 3 is 2.70 bits per heavy atom.